The zero-order valence-corrected chi connectivity index (χ0v) is 8.10. The van der Waals surface area contributed by atoms with E-state index in [1.54, 1.807) is 23.1 Å². The smallest absolute Gasteiger partial charge is 0.129 e. The van der Waals surface area contributed by atoms with Crippen LogP contribution in [0.5, 0.6) is 0 Å². The zero-order chi connectivity index (χ0) is 10.8. The van der Waals surface area contributed by atoms with E-state index in [9.17, 15) is 4.39 Å². The van der Waals surface area contributed by atoms with Crippen LogP contribution in [0.1, 0.15) is 11.6 Å². The number of benzene rings is 1. The Morgan fingerprint density at radius 3 is 2.67 bits per heavy atom. The van der Waals surface area contributed by atoms with Crippen molar-refractivity contribution in [1.29, 1.82) is 5.26 Å². The fourth-order valence-corrected chi connectivity index (χ4v) is 1.74. The first kappa shape index (κ1) is 10.1. The highest BCUT2D eigenvalue weighted by molar-refractivity contribution is 5.26. The molecule has 1 aliphatic heterocycles. The number of likely N-dealkylation sites (tertiary alicyclic amines) is 1. The minimum Gasteiger partial charge on any atom is -0.390 e. The van der Waals surface area contributed by atoms with Crippen LogP contribution in [0.2, 0.25) is 0 Å². The largest absolute Gasteiger partial charge is 0.390 e. The molecule has 1 aliphatic rings. The molecular weight excluding hydrogens is 195 g/mol. The number of hydrogen-bond donors (Lipinski definition) is 1. The van der Waals surface area contributed by atoms with Crippen LogP contribution in [0, 0.1) is 17.1 Å². The Morgan fingerprint density at radius 2 is 2.13 bits per heavy atom. The number of rotatable bonds is 2. The Morgan fingerprint density at radius 1 is 1.47 bits per heavy atom. The van der Waals surface area contributed by atoms with Crippen molar-refractivity contribution in [1.82, 2.24) is 4.90 Å². The van der Waals surface area contributed by atoms with E-state index < -0.39 is 6.04 Å². The highest BCUT2D eigenvalue weighted by Gasteiger charge is 2.32. The van der Waals surface area contributed by atoms with Crippen molar-refractivity contribution in [3.8, 4) is 6.07 Å². The van der Waals surface area contributed by atoms with Crippen LogP contribution >= 0.6 is 0 Å². The first-order valence-corrected chi connectivity index (χ1v) is 4.78. The summed E-state index contributed by atoms with van der Waals surface area (Å²) in [5.74, 6) is -0.370. The van der Waals surface area contributed by atoms with Gasteiger partial charge in [0.2, 0.25) is 0 Å². The minimum absolute atomic E-state index is 0.370. The summed E-state index contributed by atoms with van der Waals surface area (Å²) >= 11 is 0. The third-order valence-electron chi connectivity index (χ3n) is 2.58. The van der Waals surface area contributed by atoms with E-state index in [1.165, 1.54) is 6.07 Å². The maximum absolute atomic E-state index is 13.4. The number of nitrogens with zero attached hydrogens (tertiary/aromatic N) is 2. The number of β-amino-alcohol motifs (C(OH)–C–C–N with tert-alkyl or cyclic N) is 1. The fourth-order valence-electron chi connectivity index (χ4n) is 1.74. The molecule has 78 valence electrons. The average Bonchev–Trinajstić information content (AvgIpc) is 2.19. The van der Waals surface area contributed by atoms with Crippen LogP contribution in [0.25, 0.3) is 0 Å². The minimum atomic E-state index is -0.588. The summed E-state index contributed by atoms with van der Waals surface area (Å²) in [6.07, 6.45) is -0.382. The lowest BCUT2D eigenvalue weighted by atomic mass is 10.0. The van der Waals surface area contributed by atoms with Gasteiger partial charge in [0.05, 0.1) is 12.2 Å². The van der Waals surface area contributed by atoms with E-state index in [4.69, 9.17) is 10.4 Å². The normalized spacial score (nSPS) is 19.3. The Hall–Kier alpha value is -1.44. The topological polar surface area (TPSA) is 47.3 Å². The quantitative estimate of drug-likeness (QED) is 0.787. The first-order chi connectivity index (χ1) is 7.22. The molecule has 1 fully saturated rings. The Balaban J connectivity index is 2.21. The summed E-state index contributed by atoms with van der Waals surface area (Å²) in [5.41, 5.74) is 0.381. The molecule has 1 aromatic carbocycles. The molecule has 0 aromatic heterocycles. The van der Waals surface area contributed by atoms with Gasteiger partial charge in [0.25, 0.3) is 0 Å². The highest BCUT2D eigenvalue weighted by Crippen LogP contribution is 2.26. The molecule has 4 heteroatoms. The molecule has 0 bridgehead atoms. The second-order valence-corrected chi connectivity index (χ2v) is 3.66. The molecule has 1 heterocycles. The highest BCUT2D eigenvalue weighted by atomic mass is 19.1. The lowest BCUT2D eigenvalue weighted by molar-refractivity contribution is -0.0133. The van der Waals surface area contributed by atoms with Gasteiger partial charge in [-0.2, -0.15) is 5.26 Å². The van der Waals surface area contributed by atoms with Gasteiger partial charge in [-0.05, 0) is 6.07 Å². The predicted octanol–water partition coefficient (Wildman–Crippen LogP) is 1.07. The van der Waals surface area contributed by atoms with Crippen molar-refractivity contribution in [2.24, 2.45) is 0 Å². The molecule has 0 spiro atoms. The Bertz CT molecular complexity index is 396. The van der Waals surface area contributed by atoms with Gasteiger partial charge in [0.15, 0.2) is 0 Å². The van der Waals surface area contributed by atoms with Gasteiger partial charge in [-0.25, -0.2) is 4.39 Å². The number of aliphatic hydroxyl groups excluding tert-OH is 1. The Labute approximate surface area is 87.4 Å². The summed E-state index contributed by atoms with van der Waals surface area (Å²) in [5, 5.41) is 18.1. The molecule has 0 aliphatic carbocycles. The zero-order valence-electron chi connectivity index (χ0n) is 8.10. The lowest BCUT2D eigenvalue weighted by Crippen LogP contribution is -2.51. The molecule has 0 amide bonds. The first-order valence-electron chi connectivity index (χ1n) is 4.78. The van der Waals surface area contributed by atoms with Crippen LogP contribution in [0.15, 0.2) is 24.3 Å². The molecule has 2 rings (SSSR count). The van der Waals surface area contributed by atoms with Crippen LogP contribution in [-0.4, -0.2) is 29.2 Å². The molecule has 1 atom stereocenters. The molecule has 15 heavy (non-hydrogen) atoms. The summed E-state index contributed by atoms with van der Waals surface area (Å²) < 4.78 is 13.4. The molecule has 1 aromatic rings. The molecule has 0 radical (unpaired) electrons. The summed E-state index contributed by atoms with van der Waals surface area (Å²) in [7, 11) is 0. The van der Waals surface area contributed by atoms with E-state index in [0.717, 1.165) is 0 Å². The van der Waals surface area contributed by atoms with E-state index in [0.29, 0.717) is 18.7 Å². The standard InChI is InChI=1S/C11H11FN2O/c12-10-4-2-1-3-9(10)11(5-13)14-6-8(15)7-14/h1-4,8,11,15H,6-7H2/t11-/m0/s1. The van der Waals surface area contributed by atoms with Crippen LogP contribution in [0.3, 0.4) is 0 Å². The molecule has 1 saturated heterocycles. The van der Waals surface area contributed by atoms with Crippen molar-refractivity contribution < 1.29 is 9.50 Å². The van der Waals surface area contributed by atoms with Crippen molar-refractivity contribution >= 4 is 0 Å². The van der Waals surface area contributed by atoms with Gasteiger partial charge >= 0.3 is 0 Å². The Kier molecular flexibility index (Phi) is 2.67. The molecular formula is C11H11FN2O. The monoisotopic (exact) mass is 206 g/mol. The lowest BCUT2D eigenvalue weighted by Gasteiger charge is -2.39. The van der Waals surface area contributed by atoms with E-state index in [1.807, 2.05) is 0 Å². The third-order valence-corrected chi connectivity index (χ3v) is 2.58. The van der Waals surface area contributed by atoms with Crippen LogP contribution in [0.4, 0.5) is 4.39 Å². The molecule has 3 nitrogen and oxygen atoms in total. The molecule has 0 unspecified atom stereocenters. The van der Waals surface area contributed by atoms with Crippen LogP contribution < -0.4 is 0 Å². The number of halogens is 1. The third kappa shape index (κ3) is 1.84. The van der Waals surface area contributed by atoms with Crippen molar-refractivity contribution in [2.75, 3.05) is 13.1 Å². The van der Waals surface area contributed by atoms with E-state index in [-0.39, 0.29) is 11.9 Å². The number of aliphatic hydroxyl groups is 1. The van der Waals surface area contributed by atoms with Crippen molar-refractivity contribution in [3.05, 3.63) is 35.6 Å². The second kappa shape index (κ2) is 3.97. The number of nitriles is 1. The maximum Gasteiger partial charge on any atom is 0.129 e. The van der Waals surface area contributed by atoms with E-state index in [2.05, 4.69) is 6.07 Å². The summed E-state index contributed by atoms with van der Waals surface area (Å²) in [4.78, 5) is 1.75. The second-order valence-electron chi connectivity index (χ2n) is 3.66. The van der Waals surface area contributed by atoms with Gasteiger partial charge in [0.1, 0.15) is 11.9 Å². The van der Waals surface area contributed by atoms with Gasteiger partial charge in [-0.3, -0.25) is 4.90 Å². The molecule has 0 saturated carbocycles. The average molecular weight is 206 g/mol. The SMILES string of the molecule is N#C[C@@H](c1ccccc1F)N1CC(O)C1. The van der Waals surface area contributed by atoms with Gasteiger partial charge in [0, 0.05) is 18.7 Å². The van der Waals surface area contributed by atoms with Gasteiger partial charge in [-0.15, -0.1) is 0 Å². The number of hydrogen-bond acceptors (Lipinski definition) is 3. The summed E-state index contributed by atoms with van der Waals surface area (Å²) in [6.45, 7) is 0.874. The fraction of sp³-hybridized carbons (Fsp3) is 0.364. The maximum atomic E-state index is 13.4. The van der Waals surface area contributed by atoms with Crippen molar-refractivity contribution in [3.63, 3.8) is 0 Å². The summed E-state index contributed by atoms with van der Waals surface area (Å²) in [6, 6.07) is 7.72. The molecule has 1 N–H and O–H groups in total. The van der Waals surface area contributed by atoms with E-state index >= 15 is 0 Å². The van der Waals surface area contributed by atoms with Gasteiger partial charge < -0.3 is 5.11 Å². The van der Waals surface area contributed by atoms with Gasteiger partial charge in [-0.1, -0.05) is 18.2 Å². The van der Waals surface area contributed by atoms with Crippen LogP contribution in [-0.2, 0) is 0 Å². The van der Waals surface area contributed by atoms with Crippen molar-refractivity contribution in [2.45, 2.75) is 12.1 Å². The predicted molar refractivity (Wildman–Crippen MR) is 52.3 cm³/mol.